The minimum atomic E-state index is -4.83. The van der Waals surface area contributed by atoms with Gasteiger partial charge in [-0.1, -0.05) is 52.4 Å². The number of phosphoric ester groups is 1. The Balaban J connectivity index is 2.58. The zero-order chi connectivity index (χ0) is 24.9. The number of hydrogen-bond donors (Lipinski definition) is 6. The Hall–Kier alpha value is -0.170. The lowest BCUT2D eigenvalue weighted by Crippen LogP contribution is -2.64. The lowest BCUT2D eigenvalue weighted by molar-refractivity contribution is -0.220. The molecule has 1 aliphatic carbocycles. The van der Waals surface area contributed by atoms with Crippen LogP contribution in [0.2, 0.25) is 0 Å². The second-order valence-electron chi connectivity index (χ2n) is 8.48. The summed E-state index contributed by atoms with van der Waals surface area (Å²) in [6.45, 7) is 4.98. The third-order valence-electron chi connectivity index (χ3n) is 5.55. The van der Waals surface area contributed by atoms with Crippen LogP contribution in [0.5, 0.6) is 0 Å². The Morgan fingerprint density at radius 1 is 0.727 bits per heavy atom. The van der Waals surface area contributed by atoms with Gasteiger partial charge < -0.3 is 39.9 Å². The van der Waals surface area contributed by atoms with Crippen LogP contribution in [0.25, 0.3) is 0 Å². The molecule has 0 aliphatic heterocycles. The van der Waals surface area contributed by atoms with Crippen LogP contribution in [-0.2, 0) is 23.1 Å². The second-order valence-corrected chi connectivity index (χ2v) is 9.88. The Bertz CT molecular complexity index is 536. The molecule has 0 saturated heterocycles. The van der Waals surface area contributed by atoms with Crippen LogP contribution in [0.4, 0.5) is 0 Å². The van der Waals surface area contributed by atoms with E-state index in [0.29, 0.717) is 13.2 Å². The molecular formula is C21H43O11P. The predicted octanol–water partition coefficient (Wildman–Crippen LogP) is 0.869. The molecule has 12 heteroatoms. The first-order valence-electron chi connectivity index (χ1n) is 11.9. The summed E-state index contributed by atoms with van der Waals surface area (Å²) in [6, 6.07) is 0. The van der Waals surface area contributed by atoms with Gasteiger partial charge in [0.2, 0.25) is 0 Å². The van der Waals surface area contributed by atoms with E-state index in [9.17, 15) is 35.0 Å². The van der Waals surface area contributed by atoms with Gasteiger partial charge in [0, 0.05) is 13.2 Å². The van der Waals surface area contributed by atoms with E-state index in [1.807, 2.05) is 0 Å². The van der Waals surface area contributed by atoms with Crippen molar-refractivity contribution in [3.05, 3.63) is 0 Å². The average molecular weight is 503 g/mol. The summed E-state index contributed by atoms with van der Waals surface area (Å²) < 4.78 is 33.6. The molecule has 0 aromatic carbocycles. The van der Waals surface area contributed by atoms with Gasteiger partial charge in [-0.3, -0.25) is 9.05 Å². The molecule has 0 heterocycles. The van der Waals surface area contributed by atoms with Crippen molar-refractivity contribution in [2.45, 2.75) is 108 Å². The first-order chi connectivity index (χ1) is 15.6. The van der Waals surface area contributed by atoms with Crippen molar-refractivity contribution in [2.24, 2.45) is 0 Å². The summed E-state index contributed by atoms with van der Waals surface area (Å²) in [4.78, 5) is 10.1. The SMILES string of the molecule is CCCCCCOC[C@H](COP(=O)(O)OC1[C@@H](O)[C@H](O)C(O)[C@H](O)[C@@H]1O)OCCCCCC. The van der Waals surface area contributed by atoms with Gasteiger partial charge in [0.05, 0.1) is 13.2 Å². The number of ether oxygens (including phenoxy) is 2. The van der Waals surface area contributed by atoms with Crippen LogP contribution in [-0.4, -0.2) is 99.6 Å². The van der Waals surface area contributed by atoms with Gasteiger partial charge in [-0.25, -0.2) is 4.57 Å². The summed E-state index contributed by atoms with van der Waals surface area (Å²) in [7, 11) is -4.83. The van der Waals surface area contributed by atoms with Crippen molar-refractivity contribution in [2.75, 3.05) is 26.4 Å². The quantitative estimate of drug-likeness (QED) is 0.116. The molecule has 0 aromatic heterocycles. The van der Waals surface area contributed by atoms with Crippen LogP contribution in [0.15, 0.2) is 0 Å². The number of aliphatic hydroxyl groups is 5. The van der Waals surface area contributed by atoms with E-state index in [2.05, 4.69) is 13.8 Å². The van der Waals surface area contributed by atoms with Gasteiger partial charge in [0.1, 0.15) is 42.7 Å². The summed E-state index contributed by atoms with van der Waals surface area (Å²) >= 11 is 0. The average Bonchev–Trinajstić information content (AvgIpc) is 2.79. The fraction of sp³-hybridized carbons (Fsp3) is 1.00. The zero-order valence-corrected chi connectivity index (χ0v) is 20.6. The maximum Gasteiger partial charge on any atom is 0.472 e. The van der Waals surface area contributed by atoms with Gasteiger partial charge >= 0.3 is 7.82 Å². The maximum absolute atomic E-state index is 12.4. The minimum Gasteiger partial charge on any atom is -0.387 e. The van der Waals surface area contributed by atoms with E-state index in [1.165, 1.54) is 0 Å². The monoisotopic (exact) mass is 502 g/mol. The van der Waals surface area contributed by atoms with Gasteiger partial charge in [0.15, 0.2) is 0 Å². The molecule has 1 saturated carbocycles. The molecule has 11 nitrogen and oxygen atoms in total. The van der Waals surface area contributed by atoms with Crippen LogP contribution in [0.3, 0.4) is 0 Å². The fourth-order valence-corrected chi connectivity index (χ4v) is 4.42. The Kier molecular flexibility index (Phi) is 15.4. The fourth-order valence-electron chi connectivity index (χ4n) is 3.45. The van der Waals surface area contributed by atoms with Crippen LogP contribution in [0.1, 0.15) is 65.2 Å². The molecular weight excluding hydrogens is 459 g/mol. The molecule has 8 atom stereocenters. The van der Waals surface area contributed by atoms with Gasteiger partial charge in [-0.2, -0.15) is 0 Å². The molecule has 0 amide bonds. The van der Waals surface area contributed by atoms with Crippen LogP contribution < -0.4 is 0 Å². The first kappa shape index (κ1) is 30.9. The maximum atomic E-state index is 12.4. The summed E-state index contributed by atoms with van der Waals surface area (Å²) in [5.74, 6) is 0. The number of rotatable bonds is 18. The summed E-state index contributed by atoms with van der Waals surface area (Å²) in [5, 5.41) is 49.1. The normalized spacial score (nSPS) is 30.8. The molecule has 1 aliphatic rings. The highest BCUT2D eigenvalue weighted by Crippen LogP contribution is 2.47. The molecule has 0 aromatic rings. The first-order valence-corrected chi connectivity index (χ1v) is 13.4. The van der Waals surface area contributed by atoms with E-state index in [4.69, 9.17) is 18.5 Å². The molecule has 3 unspecified atom stereocenters. The third kappa shape index (κ3) is 11.4. The molecule has 0 radical (unpaired) electrons. The van der Waals surface area contributed by atoms with E-state index >= 15 is 0 Å². The lowest BCUT2D eigenvalue weighted by Gasteiger charge is -2.41. The van der Waals surface area contributed by atoms with Gasteiger partial charge in [0.25, 0.3) is 0 Å². The Morgan fingerprint density at radius 2 is 1.24 bits per heavy atom. The third-order valence-corrected chi connectivity index (χ3v) is 6.53. The van der Waals surface area contributed by atoms with E-state index in [0.717, 1.165) is 51.4 Å². The van der Waals surface area contributed by atoms with Crippen molar-refractivity contribution in [3.63, 3.8) is 0 Å². The van der Waals surface area contributed by atoms with E-state index < -0.39 is 50.6 Å². The number of unbranched alkanes of at least 4 members (excludes halogenated alkanes) is 6. The van der Waals surface area contributed by atoms with Crippen LogP contribution in [0, 0.1) is 0 Å². The highest BCUT2D eigenvalue weighted by molar-refractivity contribution is 7.47. The Labute approximate surface area is 196 Å². The molecule has 33 heavy (non-hydrogen) atoms. The van der Waals surface area contributed by atoms with Crippen molar-refractivity contribution in [1.29, 1.82) is 0 Å². The summed E-state index contributed by atoms with van der Waals surface area (Å²) in [6.07, 6.45) is -3.76. The van der Waals surface area contributed by atoms with Gasteiger partial charge in [-0.05, 0) is 12.8 Å². The molecule has 0 spiro atoms. The van der Waals surface area contributed by atoms with Crippen molar-refractivity contribution >= 4 is 7.82 Å². The molecule has 6 N–H and O–H groups in total. The Morgan fingerprint density at radius 3 is 1.79 bits per heavy atom. The van der Waals surface area contributed by atoms with Crippen molar-refractivity contribution in [3.8, 4) is 0 Å². The molecule has 0 bridgehead atoms. The van der Waals surface area contributed by atoms with Crippen LogP contribution >= 0.6 is 7.82 Å². The number of phosphoric acid groups is 1. The second kappa shape index (κ2) is 16.5. The highest BCUT2D eigenvalue weighted by Gasteiger charge is 2.51. The topological polar surface area (TPSA) is 175 Å². The minimum absolute atomic E-state index is 0.151. The lowest BCUT2D eigenvalue weighted by atomic mass is 9.85. The molecule has 198 valence electrons. The van der Waals surface area contributed by atoms with E-state index in [-0.39, 0.29) is 13.2 Å². The molecule has 1 fully saturated rings. The predicted molar refractivity (Wildman–Crippen MR) is 120 cm³/mol. The summed E-state index contributed by atoms with van der Waals surface area (Å²) in [5.41, 5.74) is 0. The van der Waals surface area contributed by atoms with Crippen molar-refractivity contribution < 1.29 is 53.5 Å². The highest BCUT2D eigenvalue weighted by atomic mass is 31.2. The largest absolute Gasteiger partial charge is 0.472 e. The van der Waals surface area contributed by atoms with Crippen molar-refractivity contribution in [1.82, 2.24) is 0 Å². The number of hydrogen-bond acceptors (Lipinski definition) is 10. The number of aliphatic hydroxyl groups excluding tert-OH is 5. The van der Waals surface area contributed by atoms with Gasteiger partial charge in [-0.15, -0.1) is 0 Å². The smallest absolute Gasteiger partial charge is 0.387 e. The zero-order valence-electron chi connectivity index (χ0n) is 19.7. The van der Waals surface area contributed by atoms with E-state index in [1.54, 1.807) is 0 Å². The molecule has 1 rings (SSSR count). The standard InChI is InChI=1S/C21H43O11P/c1-3-5-7-9-11-29-13-15(30-12-10-8-6-4-2)14-31-33(27,28)32-21-19(25)17(23)16(22)18(24)20(21)26/h15-26H,3-14H2,1-2H3,(H,27,28)/t15-,16?,17-,18+,19+,20+,21?/m1/s1.